The first-order valence-corrected chi connectivity index (χ1v) is 9.86. The molecule has 150 valence electrons. The number of amides is 1. The molecule has 0 aliphatic carbocycles. The average molecular weight is 391 g/mol. The maximum atomic E-state index is 13.6. The van der Waals surface area contributed by atoms with Gasteiger partial charge in [0.2, 0.25) is 5.76 Å². The quantitative estimate of drug-likeness (QED) is 0.609. The summed E-state index contributed by atoms with van der Waals surface area (Å²) in [5, 5.41) is 0.554. The molecule has 4 rings (SSSR count). The van der Waals surface area contributed by atoms with Crippen LogP contribution in [0, 0.1) is 20.8 Å². The van der Waals surface area contributed by atoms with Crippen LogP contribution in [0.5, 0.6) is 0 Å². The third-order valence-electron chi connectivity index (χ3n) is 5.55. The number of fused-ring (bicyclic) bond motifs is 2. The fourth-order valence-electron chi connectivity index (χ4n) is 4.22. The van der Waals surface area contributed by atoms with E-state index in [9.17, 15) is 9.59 Å². The van der Waals surface area contributed by atoms with Gasteiger partial charge in [0.1, 0.15) is 5.58 Å². The molecule has 1 aliphatic heterocycles. The highest BCUT2D eigenvalue weighted by Gasteiger charge is 2.42. The molecule has 1 amide bonds. The van der Waals surface area contributed by atoms with E-state index in [2.05, 4.69) is 0 Å². The molecule has 1 atom stereocenters. The molecule has 0 radical (unpaired) electrons. The van der Waals surface area contributed by atoms with Gasteiger partial charge in [0, 0.05) is 20.3 Å². The van der Waals surface area contributed by atoms with E-state index in [1.54, 1.807) is 12.0 Å². The number of benzene rings is 2. The van der Waals surface area contributed by atoms with Crippen molar-refractivity contribution in [1.82, 2.24) is 4.90 Å². The molecule has 5 nitrogen and oxygen atoms in total. The molecular formula is C24H25NO4. The van der Waals surface area contributed by atoms with Gasteiger partial charge in [-0.25, -0.2) is 0 Å². The Kier molecular flexibility index (Phi) is 5.01. The van der Waals surface area contributed by atoms with E-state index >= 15 is 0 Å². The number of carbonyl (C=O) groups is 1. The van der Waals surface area contributed by atoms with Crippen LogP contribution < -0.4 is 5.43 Å². The van der Waals surface area contributed by atoms with E-state index in [4.69, 9.17) is 9.15 Å². The van der Waals surface area contributed by atoms with Crippen molar-refractivity contribution in [2.45, 2.75) is 33.2 Å². The highest BCUT2D eigenvalue weighted by Crippen LogP contribution is 2.38. The molecule has 5 heteroatoms. The summed E-state index contributed by atoms with van der Waals surface area (Å²) in [6.07, 6.45) is 0.685. The van der Waals surface area contributed by atoms with Crippen molar-refractivity contribution in [3.05, 3.63) is 80.2 Å². The average Bonchev–Trinajstić information content (AvgIpc) is 2.95. The van der Waals surface area contributed by atoms with E-state index in [0.29, 0.717) is 36.1 Å². The highest BCUT2D eigenvalue weighted by atomic mass is 16.5. The van der Waals surface area contributed by atoms with Gasteiger partial charge in [0.05, 0.1) is 17.0 Å². The second-order valence-corrected chi connectivity index (χ2v) is 7.79. The zero-order valence-electron chi connectivity index (χ0n) is 17.2. The maximum Gasteiger partial charge on any atom is 0.290 e. The third-order valence-corrected chi connectivity index (χ3v) is 5.55. The number of aryl methyl sites for hydroxylation is 3. The van der Waals surface area contributed by atoms with Gasteiger partial charge in [-0.3, -0.25) is 9.59 Å². The summed E-state index contributed by atoms with van der Waals surface area (Å²) in [5.74, 6) is -0.0738. The molecule has 29 heavy (non-hydrogen) atoms. The summed E-state index contributed by atoms with van der Waals surface area (Å²) in [4.78, 5) is 28.6. The van der Waals surface area contributed by atoms with Gasteiger partial charge in [0.15, 0.2) is 5.43 Å². The molecule has 3 aromatic rings. The van der Waals surface area contributed by atoms with E-state index in [0.717, 1.165) is 22.3 Å². The van der Waals surface area contributed by atoms with Crippen molar-refractivity contribution in [1.29, 1.82) is 0 Å². The lowest BCUT2D eigenvalue weighted by molar-refractivity contribution is 0.0708. The fourth-order valence-corrected chi connectivity index (χ4v) is 4.22. The van der Waals surface area contributed by atoms with Crippen LogP contribution in [0.25, 0.3) is 11.0 Å². The Morgan fingerprint density at radius 2 is 1.76 bits per heavy atom. The minimum absolute atomic E-state index is 0.119. The Hall–Kier alpha value is -2.92. The largest absolute Gasteiger partial charge is 0.450 e. The molecule has 1 aliphatic rings. The normalized spacial score (nSPS) is 15.9. The zero-order valence-corrected chi connectivity index (χ0v) is 17.2. The van der Waals surface area contributed by atoms with Crippen LogP contribution in [0.1, 0.15) is 50.8 Å². The number of hydrogen-bond acceptors (Lipinski definition) is 4. The van der Waals surface area contributed by atoms with Gasteiger partial charge in [0.25, 0.3) is 5.91 Å². The van der Waals surface area contributed by atoms with Crippen LogP contribution in [-0.4, -0.2) is 31.1 Å². The molecule has 0 saturated heterocycles. The van der Waals surface area contributed by atoms with Crippen molar-refractivity contribution in [3.8, 4) is 0 Å². The Labute approximate surface area is 169 Å². The van der Waals surface area contributed by atoms with Crippen molar-refractivity contribution in [2.24, 2.45) is 0 Å². The van der Waals surface area contributed by atoms with Crippen LogP contribution in [-0.2, 0) is 4.74 Å². The Bertz CT molecular complexity index is 1140. The van der Waals surface area contributed by atoms with Crippen LogP contribution in [0.2, 0.25) is 0 Å². The summed E-state index contributed by atoms with van der Waals surface area (Å²) in [5.41, 5.74) is 4.70. The molecule has 0 bridgehead atoms. The number of nitrogens with zero attached hydrogens (tertiary/aromatic N) is 1. The molecule has 1 unspecified atom stereocenters. The van der Waals surface area contributed by atoms with Crippen molar-refractivity contribution < 1.29 is 13.9 Å². The molecule has 0 N–H and O–H groups in total. The van der Waals surface area contributed by atoms with Gasteiger partial charge in [-0.05, 0) is 49.9 Å². The number of rotatable bonds is 5. The molecule has 1 aromatic heterocycles. The second-order valence-electron chi connectivity index (χ2n) is 7.79. The molecule has 0 spiro atoms. The van der Waals surface area contributed by atoms with Crippen LogP contribution in [0.3, 0.4) is 0 Å². The number of hydrogen-bond donors (Lipinski definition) is 0. The standard InChI is InChI=1S/C24H25NO4/c1-14-6-8-17(9-7-14)21-20-22(26)19-16(3)12-15(2)13-18(19)29-23(20)24(27)25(21)10-5-11-28-4/h6-9,12-13,21H,5,10-11H2,1-4H3. The van der Waals surface area contributed by atoms with Gasteiger partial charge in [-0.1, -0.05) is 35.9 Å². The second kappa shape index (κ2) is 7.48. The van der Waals surface area contributed by atoms with E-state index < -0.39 is 6.04 Å². The van der Waals surface area contributed by atoms with Gasteiger partial charge < -0.3 is 14.1 Å². The van der Waals surface area contributed by atoms with Crippen LogP contribution in [0.4, 0.5) is 0 Å². The fraction of sp³-hybridized carbons (Fsp3) is 0.333. The summed E-state index contributed by atoms with van der Waals surface area (Å²) < 4.78 is 11.2. The minimum atomic E-state index is -0.448. The first kappa shape index (κ1) is 19.4. The van der Waals surface area contributed by atoms with E-state index in [1.165, 1.54) is 0 Å². The first-order chi connectivity index (χ1) is 13.9. The predicted molar refractivity (Wildman–Crippen MR) is 113 cm³/mol. The van der Waals surface area contributed by atoms with Crippen molar-refractivity contribution in [2.75, 3.05) is 20.3 Å². The summed E-state index contributed by atoms with van der Waals surface area (Å²) in [7, 11) is 1.64. The monoisotopic (exact) mass is 391 g/mol. The number of carbonyl (C=O) groups excluding carboxylic acids is 1. The Balaban J connectivity index is 1.95. The van der Waals surface area contributed by atoms with Gasteiger partial charge >= 0.3 is 0 Å². The SMILES string of the molecule is COCCCN1C(=O)c2oc3cc(C)cc(C)c3c(=O)c2C1c1ccc(C)cc1. The minimum Gasteiger partial charge on any atom is -0.450 e. The van der Waals surface area contributed by atoms with Crippen LogP contribution in [0.15, 0.2) is 45.6 Å². The maximum absolute atomic E-state index is 13.6. The first-order valence-electron chi connectivity index (χ1n) is 9.86. The van der Waals surface area contributed by atoms with Gasteiger partial charge in [-0.15, -0.1) is 0 Å². The lowest BCUT2D eigenvalue weighted by Crippen LogP contribution is -2.31. The smallest absolute Gasteiger partial charge is 0.290 e. The van der Waals surface area contributed by atoms with E-state index in [-0.39, 0.29) is 17.1 Å². The highest BCUT2D eigenvalue weighted by molar-refractivity contribution is 5.99. The van der Waals surface area contributed by atoms with Crippen molar-refractivity contribution in [3.63, 3.8) is 0 Å². The molecule has 2 heterocycles. The summed E-state index contributed by atoms with van der Waals surface area (Å²) in [6, 6.07) is 11.3. The molecule has 0 fully saturated rings. The summed E-state index contributed by atoms with van der Waals surface area (Å²) in [6.45, 7) is 6.91. The predicted octanol–water partition coefficient (Wildman–Crippen LogP) is 4.30. The molecule has 2 aromatic carbocycles. The Morgan fingerprint density at radius 1 is 1.03 bits per heavy atom. The third kappa shape index (κ3) is 3.25. The lowest BCUT2D eigenvalue weighted by atomic mass is 9.96. The number of ether oxygens (including phenoxy) is 1. The lowest BCUT2D eigenvalue weighted by Gasteiger charge is -2.25. The van der Waals surface area contributed by atoms with Crippen LogP contribution >= 0.6 is 0 Å². The topological polar surface area (TPSA) is 59.8 Å². The Morgan fingerprint density at radius 3 is 2.45 bits per heavy atom. The molecule has 0 saturated carbocycles. The number of methoxy groups -OCH3 is 1. The zero-order chi connectivity index (χ0) is 20.7. The van der Waals surface area contributed by atoms with E-state index in [1.807, 2.05) is 57.2 Å². The molecular weight excluding hydrogens is 366 g/mol. The van der Waals surface area contributed by atoms with Crippen molar-refractivity contribution >= 4 is 16.9 Å². The summed E-state index contributed by atoms with van der Waals surface area (Å²) >= 11 is 0. The van der Waals surface area contributed by atoms with Gasteiger partial charge in [-0.2, -0.15) is 0 Å².